The first kappa shape index (κ1) is 9.32. The maximum atomic E-state index is 9.38. The second-order valence-electron chi connectivity index (χ2n) is 3.12. The molecule has 1 fully saturated rings. The number of nitrogens with one attached hydrogen (secondary N) is 1. The van der Waals surface area contributed by atoms with Crippen LogP contribution in [0.1, 0.15) is 0 Å². The van der Waals surface area contributed by atoms with Crippen molar-refractivity contribution in [2.75, 3.05) is 13.2 Å². The SMILES string of the molecule is [2H]N1[C@H](CO)[C@@H](O)C(O)[C@H](O)[C@H]1CO. The number of rotatable bonds is 2. The largest absolute Gasteiger partial charge is 0.395 e. The maximum Gasteiger partial charge on any atom is 0.123 e. The molecule has 78 valence electrons. The van der Waals surface area contributed by atoms with E-state index in [0.29, 0.717) is 0 Å². The minimum absolute atomic E-state index is 0.523. The van der Waals surface area contributed by atoms with E-state index in [1.807, 2.05) is 0 Å². The van der Waals surface area contributed by atoms with Crippen LogP contribution in [0.15, 0.2) is 0 Å². The molecule has 1 heterocycles. The van der Waals surface area contributed by atoms with Gasteiger partial charge in [-0.25, -0.2) is 0 Å². The lowest BCUT2D eigenvalue weighted by Crippen LogP contribution is -2.66. The van der Waals surface area contributed by atoms with Gasteiger partial charge >= 0.3 is 0 Å². The summed E-state index contributed by atoms with van der Waals surface area (Å²) in [4.78, 5) is 0. The van der Waals surface area contributed by atoms with Crippen LogP contribution < -0.4 is 5.31 Å². The number of piperidine rings is 1. The summed E-state index contributed by atoms with van der Waals surface area (Å²) in [6, 6.07) is -1.99. The highest BCUT2D eigenvalue weighted by Crippen LogP contribution is 2.14. The van der Waals surface area contributed by atoms with Gasteiger partial charge in [0.15, 0.2) is 0 Å². The monoisotopic (exact) mass is 194 g/mol. The molecule has 0 unspecified atom stereocenters. The fraction of sp³-hybridized carbons (Fsp3) is 1.00. The summed E-state index contributed by atoms with van der Waals surface area (Å²) in [6.45, 7) is -1.05. The molecule has 0 spiro atoms. The molecule has 0 aromatic rings. The summed E-state index contributed by atoms with van der Waals surface area (Å²) in [6.07, 6.45) is -4.24. The van der Waals surface area contributed by atoms with Gasteiger partial charge in [0.05, 0.1) is 37.5 Å². The van der Waals surface area contributed by atoms with Crippen LogP contribution in [0.3, 0.4) is 0 Å². The molecule has 4 atom stereocenters. The summed E-state index contributed by atoms with van der Waals surface area (Å²) in [5, 5.41) is 46.5. The van der Waals surface area contributed by atoms with Crippen molar-refractivity contribution in [1.29, 1.82) is 0 Å². The average molecular weight is 194 g/mol. The summed E-state index contributed by atoms with van der Waals surface area (Å²) >= 11 is 0. The van der Waals surface area contributed by atoms with Crippen LogP contribution in [0, 0.1) is 0 Å². The molecule has 0 saturated carbocycles. The highest BCUT2D eigenvalue weighted by atomic mass is 16.4. The van der Waals surface area contributed by atoms with E-state index in [1.165, 1.54) is 0 Å². The van der Waals surface area contributed by atoms with E-state index in [9.17, 15) is 15.3 Å². The molecule has 0 bridgehead atoms. The van der Waals surface area contributed by atoms with Crippen LogP contribution in [0.25, 0.3) is 0 Å². The molecule has 1 saturated heterocycles. The summed E-state index contributed by atoms with van der Waals surface area (Å²) in [5.41, 5.74) is 0. The zero-order chi connectivity index (χ0) is 10.9. The number of hydrogen-bond acceptors (Lipinski definition) is 6. The zero-order valence-corrected chi connectivity index (χ0v) is 6.98. The van der Waals surface area contributed by atoms with Gasteiger partial charge in [0, 0.05) is 0 Å². The highest BCUT2D eigenvalue weighted by Gasteiger charge is 2.41. The molecular formula is C7H15NO5. The summed E-state index contributed by atoms with van der Waals surface area (Å²) < 4.78 is 7.42. The Labute approximate surface area is 76.9 Å². The smallest absolute Gasteiger partial charge is 0.123 e. The van der Waals surface area contributed by atoms with Crippen molar-refractivity contribution in [3.05, 3.63) is 0 Å². The average Bonchev–Trinajstić information content (AvgIpc) is 2.16. The van der Waals surface area contributed by atoms with Gasteiger partial charge in [-0.15, -0.1) is 0 Å². The Morgan fingerprint density at radius 1 is 0.923 bits per heavy atom. The lowest BCUT2D eigenvalue weighted by molar-refractivity contribution is -0.125. The minimum atomic E-state index is -1.45. The van der Waals surface area contributed by atoms with Crippen molar-refractivity contribution in [2.45, 2.75) is 30.4 Å². The van der Waals surface area contributed by atoms with Crippen molar-refractivity contribution < 1.29 is 26.9 Å². The number of hydrogen-bond donors (Lipinski definition) is 6. The van der Waals surface area contributed by atoms with Crippen LogP contribution in [0.4, 0.5) is 0 Å². The van der Waals surface area contributed by atoms with Gasteiger partial charge < -0.3 is 30.8 Å². The molecule has 6 nitrogen and oxygen atoms in total. The van der Waals surface area contributed by atoms with Crippen molar-refractivity contribution in [2.24, 2.45) is 0 Å². The van der Waals surface area contributed by atoms with Gasteiger partial charge in [0.25, 0.3) is 0 Å². The molecule has 6 N–H and O–H groups in total. The Bertz CT molecular complexity index is 177. The van der Waals surface area contributed by atoms with E-state index < -0.39 is 43.6 Å². The Balaban J connectivity index is 2.82. The van der Waals surface area contributed by atoms with Gasteiger partial charge in [-0.3, -0.25) is 0 Å². The van der Waals surface area contributed by atoms with Crippen LogP contribution in [-0.2, 0) is 0 Å². The van der Waals surface area contributed by atoms with Gasteiger partial charge in [-0.05, 0) is 0 Å². The van der Waals surface area contributed by atoms with Gasteiger partial charge in [-0.1, -0.05) is 0 Å². The van der Waals surface area contributed by atoms with Gasteiger partial charge in [0.2, 0.25) is 0 Å². The maximum absolute atomic E-state index is 9.38. The topological polar surface area (TPSA) is 113 Å². The molecule has 1 aliphatic rings. The normalized spacial score (nSPS) is 49.0. The van der Waals surface area contributed by atoms with E-state index in [2.05, 4.69) is 0 Å². The van der Waals surface area contributed by atoms with Crippen molar-refractivity contribution in [3.63, 3.8) is 0 Å². The van der Waals surface area contributed by atoms with E-state index in [1.54, 1.807) is 0 Å². The van der Waals surface area contributed by atoms with Crippen LogP contribution in [0.2, 0.25) is 1.41 Å². The fourth-order valence-corrected chi connectivity index (χ4v) is 1.39. The molecule has 6 heteroatoms. The van der Waals surface area contributed by atoms with E-state index in [0.717, 1.165) is 5.31 Å². The highest BCUT2D eigenvalue weighted by molar-refractivity contribution is 4.97. The number of aliphatic hydroxyl groups excluding tert-OH is 5. The predicted molar refractivity (Wildman–Crippen MR) is 42.9 cm³/mol. The molecular weight excluding hydrogens is 178 g/mol. The molecule has 13 heavy (non-hydrogen) atoms. The second kappa shape index (κ2) is 4.32. The quantitative estimate of drug-likeness (QED) is 0.271. The molecule has 0 aromatic heterocycles. The Morgan fingerprint density at radius 2 is 1.31 bits per heavy atom. The first-order chi connectivity index (χ1) is 6.54. The second-order valence-corrected chi connectivity index (χ2v) is 3.12. The van der Waals surface area contributed by atoms with Crippen molar-refractivity contribution in [1.82, 2.24) is 5.31 Å². The van der Waals surface area contributed by atoms with Crippen molar-refractivity contribution in [3.8, 4) is 0 Å². The van der Waals surface area contributed by atoms with Crippen LogP contribution >= 0.6 is 0 Å². The molecule has 0 aromatic carbocycles. The predicted octanol–water partition coefficient (Wildman–Crippen LogP) is -3.61. The Morgan fingerprint density at radius 3 is 1.62 bits per heavy atom. The summed E-state index contributed by atoms with van der Waals surface area (Å²) in [7, 11) is 0. The van der Waals surface area contributed by atoms with E-state index >= 15 is 0 Å². The van der Waals surface area contributed by atoms with E-state index in [4.69, 9.17) is 11.6 Å². The first-order valence-corrected chi connectivity index (χ1v) is 4.07. The molecule has 1 rings (SSSR count). The van der Waals surface area contributed by atoms with Crippen LogP contribution in [-0.4, -0.2) is 69.1 Å². The lowest BCUT2D eigenvalue weighted by Gasteiger charge is -2.40. The first-order valence-electron chi connectivity index (χ1n) is 4.52. The zero-order valence-electron chi connectivity index (χ0n) is 7.98. The van der Waals surface area contributed by atoms with E-state index in [-0.39, 0.29) is 0 Å². The van der Waals surface area contributed by atoms with Crippen LogP contribution in [0.5, 0.6) is 0 Å². The molecule has 0 aliphatic carbocycles. The lowest BCUT2D eigenvalue weighted by atomic mass is 9.91. The standard InChI is InChI=1S/C7H15NO5/c9-1-3-5(11)7(13)6(12)4(2-10)8-3/h3-13H,1-2H2/t3-,4-,5-,6-/m1/s1/i/hD. The molecule has 0 radical (unpaired) electrons. The molecule has 1 aliphatic heterocycles. The summed E-state index contributed by atoms with van der Waals surface area (Å²) in [5.74, 6) is 0. The third-order valence-corrected chi connectivity index (χ3v) is 2.25. The third kappa shape index (κ3) is 1.98. The Kier molecular flexibility index (Phi) is 3.09. The van der Waals surface area contributed by atoms with Gasteiger partial charge in [0.1, 0.15) is 7.52 Å². The molecule has 0 amide bonds. The minimum Gasteiger partial charge on any atom is -0.395 e. The van der Waals surface area contributed by atoms with Gasteiger partial charge in [-0.2, -0.15) is 0 Å². The van der Waals surface area contributed by atoms with Crippen molar-refractivity contribution >= 4 is 0 Å². The third-order valence-electron chi connectivity index (χ3n) is 2.25. The number of aliphatic hydroxyl groups is 5. The fourth-order valence-electron chi connectivity index (χ4n) is 1.39. The Hall–Kier alpha value is -0.240.